The lowest BCUT2D eigenvalue weighted by Crippen LogP contribution is -2.30. The van der Waals surface area contributed by atoms with E-state index in [9.17, 15) is 0 Å². The number of pyridine rings is 1. The van der Waals surface area contributed by atoms with Crippen molar-refractivity contribution < 1.29 is 4.74 Å². The minimum atomic E-state index is -0.138. The molecule has 2 atom stereocenters. The first-order valence-corrected chi connectivity index (χ1v) is 14.1. The van der Waals surface area contributed by atoms with Gasteiger partial charge in [-0.2, -0.15) is 0 Å². The summed E-state index contributed by atoms with van der Waals surface area (Å²) in [6.45, 7) is 2.05. The molecule has 6 aromatic rings. The Hall–Kier alpha value is -4.94. The zero-order valence-corrected chi connectivity index (χ0v) is 23.3. The third kappa shape index (κ3) is 4.72. The molecule has 0 bridgehead atoms. The molecule has 1 saturated heterocycles. The maximum Gasteiger partial charge on any atom is 0.174 e. The number of aryl methyl sites for hydroxylation is 1. The van der Waals surface area contributed by atoms with Gasteiger partial charge in [0.2, 0.25) is 0 Å². The molecule has 6 heteroatoms. The molecular weight excluding hydrogens is 524 g/mol. The van der Waals surface area contributed by atoms with E-state index in [4.69, 9.17) is 21.9 Å². The maximum absolute atomic E-state index is 6.17. The minimum Gasteiger partial charge on any atom is -0.457 e. The number of rotatable bonds is 6. The van der Waals surface area contributed by atoms with Crippen LogP contribution in [-0.4, -0.2) is 14.7 Å². The van der Waals surface area contributed by atoms with Crippen molar-refractivity contribution in [1.29, 1.82) is 0 Å². The van der Waals surface area contributed by atoms with Crippen molar-refractivity contribution in [3.63, 3.8) is 0 Å². The highest BCUT2D eigenvalue weighted by atomic mass is 32.1. The van der Waals surface area contributed by atoms with Crippen molar-refractivity contribution in [3.05, 3.63) is 151 Å². The van der Waals surface area contributed by atoms with E-state index in [1.54, 1.807) is 0 Å². The number of hydrogen-bond acceptors (Lipinski definition) is 3. The van der Waals surface area contributed by atoms with Crippen molar-refractivity contribution in [1.82, 2.24) is 14.9 Å². The number of aromatic nitrogens is 2. The van der Waals surface area contributed by atoms with Gasteiger partial charge in [-0.1, -0.05) is 54.6 Å². The molecule has 7 rings (SSSR count). The highest BCUT2D eigenvalue weighted by molar-refractivity contribution is 7.80. The maximum atomic E-state index is 6.17. The zero-order chi connectivity index (χ0) is 27.8. The number of ether oxygens (including phenoxy) is 1. The second kappa shape index (κ2) is 10.6. The summed E-state index contributed by atoms with van der Waals surface area (Å²) in [7, 11) is 0. The summed E-state index contributed by atoms with van der Waals surface area (Å²) >= 11 is 5.98. The number of thiocarbonyl (C=S) groups is 1. The van der Waals surface area contributed by atoms with Crippen molar-refractivity contribution >= 4 is 33.8 Å². The number of fused-ring (bicyclic) bond motifs is 1. The van der Waals surface area contributed by atoms with Gasteiger partial charge in [-0.15, -0.1) is 0 Å². The van der Waals surface area contributed by atoms with Gasteiger partial charge >= 0.3 is 0 Å². The van der Waals surface area contributed by atoms with Gasteiger partial charge in [-0.3, -0.25) is 4.98 Å². The van der Waals surface area contributed by atoms with Gasteiger partial charge in [0.25, 0.3) is 0 Å². The molecule has 3 heterocycles. The van der Waals surface area contributed by atoms with Crippen LogP contribution in [0.15, 0.2) is 134 Å². The van der Waals surface area contributed by atoms with Crippen LogP contribution in [0.4, 0.5) is 5.69 Å². The molecule has 1 fully saturated rings. The topological polar surface area (TPSA) is 42.3 Å². The standard InChI is InChI=1S/C35H28N4OS/c1-24-9-2-5-14-32(24)40-29-19-17-27(18-20-29)39-34(33(37-35(39)41)30-12-6-7-21-36-30)31-13-8-22-38(31)28-16-15-25-10-3-4-11-26(25)23-28/h2-23,33-34H,1H3,(H,37,41). The van der Waals surface area contributed by atoms with E-state index >= 15 is 0 Å². The van der Waals surface area contributed by atoms with Crippen LogP contribution in [0, 0.1) is 6.92 Å². The molecule has 1 aliphatic heterocycles. The molecular formula is C35H28N4OS. The van der Waals surface area contributed by atoms with Crippen LogP contribution in [0.5, 0.6) is 11.5 Å². The highest BCUT2D eigenvalue weighted by Gasteiger charge is 2.42. The monoisotopic (exact) mass is 552 g/mol. The second-order valence-electron chi connectivity index (χ2n) is 10.2. The average molecular weight is 553 g/mol. The molecule has 0 saturated carbocycles. The van der Waals surface area contributed by atoms with Crippen LogP contribution in [0.25, 0.3) is 16.5 Å². The molecule has 200 valence electrons. The molecule has 4 aromatic carbocycles. The number of para-hydroxylation sites is 1. The van der Waals surface area contributed by atoms with Crippen LogP contribution < -0.4 is 15.0 Å². The van der Waals surface area contributed by atoms with Crippen LogP contribution in [0.1, 0.15) is 29.0 Å². The molecule has 0 spiro atoms. The summed E-state index contributed by atoms with van der Waals surface area (Å²) in [4.78, 5) is 6.91. The molecule has 2 aromatic heterocycles. The molecule has 0 amide bonds. The fraction of sp³-hybridized carbons (Fsp3) is 0.0857. The van der Waals surface area contributed by atoms with Gasteiger partial charge in [-0.25, -0.2) is 0 Å². The Bertz CT molecular complexity index is 1850. The predicted octanol–water partition coefficient (Wildman–Crippen LogP) is 8.30. The van der Waals surface area contributed by atoms with Crippen molar-refractivity contribution in [2.24, 2.45) is 0 Å². The van der Waals surface area contributed by atoms with Crippen molar-refractivity contribution in [3.8, 4) is 17.2 Å². The van der Waals surface area contributed by atoms with E-state index in [1.165, 1.54) is 10.8 Å². The van der Waals surface area contributed by atoms with Gasteiger partial charge in [0.15, 0.2) is 5.11 Å². The largest absolute Gasteiger partial charge is 0.457 e. The first kappa shape index (κ1) is 25.1. The third-order valence-corrected chi connectivity index (χ3v) is 7.94. The van der Waals surface area contributed by atoms with Crippen molar-refractivity contribution in [2.45, 2.75) is 19.0 Å². The fourth-order valence-electron chi connectivity index (χ4n) is 5.60. The summed E-state index contributed by atoms with van der Waals surface area (Å²) in [6.07, 6.45) is 3.95. The van der Waals surface area contributed by atoms with Gasteiger partial charge in [-0.05, 0) is 102 Å². The van der Waals surface area contributed by atoms with Gasteiger partial charge in [0.05, 0.1) is 11.7 Å². The number of nitrogens with one attached hydrogen (secondary N) is 1. The van der Waals surface area contributed by atoms with E-state index in [0.717, 1.165) is 39.8 Å². The van der Waals surface area contributed by atoms with Gasteiger partial charge in [0.1, 0.15) is 17.5 Å². The van der Waals surface area contributed by atoms with Crippen LogP contribution in [-0.2, 0) is 0 Å². The molecule has 0 aliphatic carbocycles. The van der Waals surface area contributed by atoms with E-state index < -0.39 is 0 Å². The molecule has 2 unspecified atom stereocenters. The quantitative estimate of drug-likeness (QED) is 0.211. The minimum absolute atomic E-state index is 0.137. The Balaban J connectivity index is 1.29. The molecule has 1 N–H and O–H groups in total. The van der Waals surface area contributed by atoms with Gasteiger partial charge in [0, 0.05) is 29.5 Å². The lowest BCUT2D eigenvalue weighted by Gasteiger charge is -2.29. The number of hydrogen-bond donors (Lipinski definition) is 1. The lowest BCUT2D eigenvalue weighted by atomic mass is 10.0. The number of anilines is 1. The van der Waals surface area contributed by atoms with Crippen LogP contribution in [0.2, 0.25) is 0 Å². The van der Waals surface area contributed by atoms with Crippen LogP contribution in [0.3, 0.4) is 0 Å². The van der Waals surface area contributed by atoms with E-state index in [1.807, 2.05) is 61.7 Å². The SMILES string of the molecule is Cc1ccccc1Oc1ccc(N2C(=S)NC(c3ccccn3)C2c2cccn2-c2ccc3ccccc3c2)cc1. The summed E-state index contributed by atoms with van der Waals surface area (Å²) in [5.74, 6) is 1.62. The van der Waals surface area contributed by atoms with Crippen LogP contribution >= 0.6 is 12.2 Å². The Labute approximate surface area is 244 Å². The zero-order valence-electron chi connectivity index (χ0n) is 22.5. The smallest absolute Gasteiger partial charge is 0.174 e. The summed E-state index contributed by atoms with van der Waals surface area (Å²) in [5.41, 5.74) is 5.23. The van der Waals surface area contributed by atoms with Gasteiger partial charge < -0.3 is 19.5 Å². The third-order valence-electron chi connectivity index (χ3n) is 7.63. The highest BCUT2D eigenvalue weighted by Crippen LogP contribution is 2.43. The fourth-order valence-corrected chi connectivity index (χ4v) is 5.95. The predicted molar refractivity (Wildman–Crippen MR) is 169 cm³/mol. The number of nitrogens with zero attached hydrogens (tertiary/aromatic N) is 3. The Morgan fingerprint density at radius 3 is 2.32 bits per heavy atom. The molecule has 1 aliphatic rings. The lowest BCUT2D eigenvalue weighted by molar-refractivity contribution is 0.479. The summed E-state index contributed by atoms with van der Waals surface area (Å²) in [6, 6.07) is 41.2. The van der Waals surface area contributed by atoms with E-state index in [-0.39, 0.29) is 12.1 Å². The number of benzene rings is 4. The summed E-state index contributed by atoms with van der Waals surface area (Å²) in [5, 5.41) is 6.65. The molecule has 5 nitrogen and oxygen atoms in total. The van der Waals surface area contributed by atoms with E-state index in [2.05, 4.69) is 93.8 Å². The second-order valence-corrected chi connectivity index (χ2v) is 10.6. The first-order valence-electron chi connectivity index (χ1n) is 13.7. The normalized spacial score (nSPS) is 16.6. The Morgan fingerprint density at radius 2 is 1.51 bits per heavy atom. The average Bonchev–Trinajstić information content (AvgIpc) is 3.63. The molecule has 0 radical (unpaired) electrons. The van der Waals surface area contributed by atoms with Crippen molar-refractivity contribution in [2.75, 3.05) is 4.90 Å². The Kier molecular flexibility index (Phi) is 6.45. The molecule has 41 heavy (non-hydrogen) atoms. The Morgan fingerprint density at radius 1 is 0.756 bits per heavy atom. The first-order chi connectivity index (χ1) is 20.2. The summed E-state index contributed by atoms with van der Waals surface area (Å²) < 4.78 is 8.43. The van der Waals surface area contributed by atoms with E-state index in [0.29, 0.717) is 5.11 Å².